The molecule has 0 bridgehead atoms. The molecule has 27 heavy (non-hydrogen) atoms. The molecule has 7 nitrogen and oxygen atoms in total. The van der Waals surface area contributed by atoms with Crippen LogP contribution in [-0.2, 0) is 11.3 Å². The molecule has 2 aromatic rings. The Hall–Kier alpha value is -2.45. The summed E-state index contributed by atoms with van der Waals surface area (Å²) < 4.78 is 18.0. The van der Waals surface area contributed by atoms with Gasteiger partial charge in [-0.3, -0.25) is 14.7 Å². The molecule has 1 aliphatic heterocycles. The number of piperazine rings is 1. The molecule has 0 aliphatic carbocycles. The summed E-state index contributed by atoms with van der Waals surface area (Å²) in [5.41, 5.74) is 1.50. The molecule has 0 atom stereocenters. The standard InChI is InChI=1S/C19H26FN5O2/c1-27-14-16-13-18(26)23-19(22-16)21-7-2-8-24-9-11-25(12-10-24)17-5-3-15(20)4-6-17/h3-6,13H,2,7-12,14H2,1H3,(H2,21,22,23,26). The molecule has 3 rings (SSSR count). The highest BCUT2D eigenvalue weighted by molar-refractivity contribution is 5.46. The Balaban J connectivity index is 1.38. The van der Waals surface area contributed by atoms with Crippen LogP contribution in [0.4, 0.5) is 16.0 Å². The van der Waals surface area contributed by atoms with Gasteiger partial charge in [0.2, 0.25) is 5.95 Å². The van der Waals surface area contributed by atoms with E-state index >= 15 is 0 Å². The van der Waals surface area contributed by atoms with Gasteiger partial charge in [-0.15, -0.1) is 0 Å². The summed E-state index contributed by atoms with van der Waals surface area (Å²) in [4.78, 5) is 23.3. The van der Waals surface area contributed by atoms with Crippen molar-refractivity contribution in [3.63, 3.8) is 0 Å². The number of nitrogens with one attached hydrogen (secondary N) is 2. The van der Waals surface area contributed by atoms with Crippen molar-refractivity contribution in [3.8, 4) is 0 Å². The van der Waals surface area contributed by atoms with Crippen LogP contribution in [-0.4, -0.2) is 61.2 Å². The highest BCUT2D eigenvalue weighted by Crippen LogP contribution is 2.16. The minimum Gasteiger partial charge on any atom is -0.378 e. The summed E-state index contributed by atoms with van der Waals surface area (Å²) in [6.45, 7) is 5.87. The number of benzene rings is 1. The zero-order valence-corrected chi connectivity index (χ0v) is 15.6. The number of aromatic nitrogens is 2. The SMILES string of the molecule is COCc1cc(=O)[nH]c(NCCCN2CCN(c3ccc(F)cc3)CC2)n1. The highest BCUT2D eigenvalue weighted by Gasteiger charge is 2.16. The molecule has 146 valence electrons. The molecule has 0 amide bonds. The highest BCUT2D eigenvalue weighted by atomic mass is 19.1. The molecular weight excluding hydrogens is 349 g/mol. The van der Waals surface area contributed by atoms with Gasteiger partial charge in [0.05, 0.1) is 12.3 Å². The number of halogens is 1. The van der Waals surface area contributed by atoms with Crippen LogP contribution in [0.3, 0.4) is 0 Å². The van der Waals surface area contributed by atoms with E-state index in [1.807, 2.05) is 12.1 Å². The van der Waals surface area contributed by atoms with Gasteiger partial charge in [0, 0.05) is 51.6 Å². The normalized spacial score (nSPS) is 15.1. The third-order valence-corrected chi connectivity index (χ3v) is 4.59. The lowest BCUT2D eigenvalue weighted by Gasteiger charge is -2.36. The van der Waals surface area contributed by atoms with Gasteiger partial charge in [0.15, 0.2) is 0 Å². The quantitative estimate of drug-likeness (QED) is 0.684. The van der Waals surface area contributed by atoms with Crippen LogP contribution in [0.15, 0.2) is 35.1 Å². The molecule has 0 unspecified atom stereocenters. The average molecular weight is 375 g/mol. The maximum Gasteiger partial charge on any atom is 0.252 e. The molecule has 1 fully saturated rings. The number of nitrogens with zero attached hydrogens (tertiary/aromatic N) is 3. The Bertz CT molecular complexity index is 772. The Morgan fingerprint density at radius 1 is 1.22 bits per heavy atom. The van der Waals surface area contributed by atoms with Crippen molar-refractivity contribution in [2.24, 2.45) is 0 Å². The van der Waals surface area contributed by atoms with Gasteiger partial charge in [-0.05, 0) is 37.2 Å². The predicted octanol–water partition coefficient (Wildman–Crippen LogP) is 1.68. The van der Waals surface area contributed by atoms with Crippen molar-refractivity contribution >= 4 is 11.6 Å². The lowest BCUT2D eigenvalue weighted by molar-refractivity contribution is 0.181. The summed E-state index contributed by atoms with van der Waals surface area (Å²) in [6.07, 6.45) is 0.953. The Kier molecular flexibility index (Phi) is 6.78. The summed E-state index contributed by atoms with van der Waals surface area (Å²) >= 11 is 0. The van der Waals surface area contributed by atoms with Crippen LogP contribution < -0.4 is 15.8 Å². The number of methoxy groups -OCH3 is 1. The summed E-state index contributed by atoms with van der Waals surface area (Å²) in [7, 11) is 1.58. The maximum absolute atomic E-state index is 13.0. The van der Waals surface area contributed by atoms with E-state index in [0.29, 0.717) is 18.2 Å². The van der Waals surface area contributed by atoms with Crippen molar-refractivity contribution in [1.29, 1.82) is 0 Å². The fourth-order valence-electron chi connectivity index (χ4n) is 3.20. The molecule has 1 aromatic heterocycles. The molecular formula is C19H26FN5O2. The van der Waals surface area contributed by atoms with E-state index in [-0.39, 0.29) is 11.4 Å². The smallest absolute Gasteiger partial charge is 0.252 e. The van der Waals surface area contributed by atoms with Gasteiger partial charge in [-0.1, -0.05) is 0 Å². The monoisotopic (exact) mass is 375 g/mol. The Morgan fingerprint density at radius 2 is 1.96 bits per heavy atom. The molecule has 8 heteroatoms. The molecule has 1 aromatic carbocycles. The first-order chi connectivity index (χ1) is 13.1. The summed E-state index contributed by atoms with van der Waals surface area (Å²) in [5, 5.41) is 3.17. The second-order valence-electron chi connectivity index (χ2n) is 6.60. The van der Waals surface area contributed by atoms with Gasteiger partial charge >= 0.3 is 0 Å². The van der Waals surface area contributed by atoms with Crippen molar-refractivity contribution in [3.05, 3.63) is 52.2 Å². The second kappa shape index (κ2) is 9.48. The number of H-pyrrole nitrogens is 1. The van der Waals surface area contributed by atoms with E-state index < -0.39 is 0 Å². The van der Waals surface area contributed by atoms with Crippen molar-refractivity contribution in [2.75, 3.05) is 56.6 Å². The van der Waals surface area contributed by atoms with Crippen LogP contribution >= 0.6 is 0 Å². The molecule has 2 N–H and O–H groups in total. The van der Waals surface area contributed by atoms with Crippen molar-refractivity contribution in [2.45, 2.75) is 13.0 Å². The largest absolute Gasteiger partial charge is 0.378 e. The molecule has 0 spiro atoms. The van der Waals surface area contributed by atoms with Gasteiger partial charge in [0.25, 0.3) is 5.56 Å². The Labute approximate surface area is 158 Å². The van der Waals surface area contributed by atoms with Crippen molar-refractivity contribution in [1.82, 2.24) is 14.9 Å². The fraction of sp³-hybridized carbons (Fsp3) is 0.474. The number of ether oxygens (including phenoxy) is 1. The van der Waals surface area contributed by atoms with E-state index in [4.69, 9.17) is 4.74 Å². The van der Waals surface area contributed by atoms with Crippen LogP contribution in [0.2, 0.25) is 0 Å². The number of rotatable bonds is 8. The minimum absolute atomic E-state index is 0.184. The lowest BCUT2D eigenvalue weighted by atomic mass is 10.2. The second-order valence-corrected chi connectivity index (χ2v) is 6.60. The molecule has 1 saturated heterocycles. The van der Waals surface area contributed by atoms with E-state index in [0.717, 1.165) is 51.4 Å². The first kappa shape index (κ1) is 19.3. The first-order valence-corrected chi connectivity index (χ1v) is 9.20. The van der Waals surface area contributed by atoms with Gasteiger partial charge in [-0.2, -0.15) is 0 Å². The zero-order valence-electron chi connectivity index (χ0n) is 15.6. The fourth-order valence-corrected chi connectivity index (χ4v) is 3.20. The van der Waals surface area contributed by atoms with Crippen molar-refractivity contribution < 1.29 is 9.13 Å². The lowest BCUT2D eigenvalue weighted by Crippen LogP contribution is -2.46. The average Bonchev–Trinajstić information content (AvgIpc) is 2.66. The maximum atomic E-state index is 13.0. The molecule has 0 radical (unpaired) electrons. The minimum atomic E-state index is -0.200. The summed E-state index contributed by atoms with van der Waals surface area (Å²) in [5.74, 6) is 0.282. The molecule has 1 aliphatic rings. The Morgan fingerprint density at radius 3 is 2.67 bits per heavy atom. The summed E-state index contributed by atoms with van der Waals surface area (Å²) in [6, 6.07) is 8.12. The topological polar surface area (TPSA) is 73.5 Å². The van der Waals surface area contributed by atoms with E-state index in [1.54, 1.807) is 7.11 Å². The van der Waals surface area contributed by atoms with E-state index in [9.17, 15) is 9.18 Å². The predicted molar refractivity (Wildman–Crippen MR) is 104 cm³/mol. The number of aromatic amines is 1. The molecule has 2 heterocycles. The van der Waals surface area contributed by atoms with Crippen LogP contribution in [0.25, 0.3) is 0 Å². The van der Waals surface area contributed by atoms with Crippen LogP contribution in [0.5, 0.6) is 0 Å². The third kappa shape index (κ3) is 5.77. The van der Waals surface area contributed by atoms with E-state index in [1.165, 1.54) is 18.2 Å². The van der Waals surface area contributed by atoms with Gasteiger partial charge in [0.1, 0.15) is 5.82 Å². The number of anilines is 2. The zero-order chi connectivity index (χ0) is 19.1. The van der Waals surface area contributed by atoms with Crippen LogP contribution in [0, 0.1) is 5.82 Å². The van der Waals surface area contributed by atoms with Crippen LogP contribution in [0.1, 0.15) is 12.1 Å². The van der Waals surface area contributed by atoms with Gasteiger partial charge in [-0.25, -0.2) is 9.37 Å². The number of hydrogen-bond acceptors (Lipinski definition) is 6. The molecule has 0 saturated carbocycles. The first-order valence-electron chi connectivity index (χ1n) is 9.20. The third-order valence-electron chi connectivity index (χ3n) is 4.59. The van der Waals surface area contributed by atoms with E-state index in [2.05, 4.69) is 25.1 Å². The number of hydrogen-bond donors (Lipinski definition) is 2. The van der Waals surface area contributed by atoms with Gasteiger partial charge < -0.3 is 15.0 Å².